The van der Waals surface area contributed by atoms with Crippen LogP contribution >= 0.6 is 11.8 Å². The summed E-state index contributed by atoms with van der Waals surface area (Å²) in [6, 6.07) is 3.69. The molecular formula is C17H22N6O2S. The molecule has 2 atom stereocenters. The Morgan fingerprint density at radius 3 is 2.54 bits per heavy atom. The number of hydrogen-bond acceptors (Lipinski definition) is 8. The van der Waals surface area contributed by atoms with Gasteiger partial charge in [0.05, 0.1) is 5.75 Å². The molecule has 1 amide bonds. The standard InChI is InChI=1S/C17H22N6O2S/c1-12-8-22(15-4-7-18-14(10-24)21-15)9-13(2)23(12)16(25)11-26-17-19-5-3-6-20-17/h3-7,12-13,24H,8-11H2,1-2H3. The van der Waals surface area contributed by atoms with Crippen molar-refractivity contribution in [2.24, 2.45) is 0 Å². The highest BCUT2D eigenvalue weighted by molar-refractivity contribution is 7.99. The second-order valence-corrected chi connectivity index (χ2v) is 7.16. The van der Waals surface area contributed by atoms with Gasteiger partial charge in [-0.15, -0.1) is 0 Å². The Labute approximate surface area is 156 Å². The molecule has 0 bridgehead atoms. The molecule has 1 fully saturated rings. The molecule has 0 saturated carbocycles. The normalized spacial score (nSPS) is 20.3. The lowest BCUT2D eigenvalue weighted by molar-refractivity contribution is -0.133. The number of aliphatic hydroxyl groups excluding tert-OH is 1. The van der Waals surface area contributed by atoms with Crippen molar-refractivity contribution < 1.29 is 9.90 Å². The van der Waals surface area contributed by atoms with E-state index in [1.54, 1.807) is 24.7 Å². The van der Waals surface area contributed by atoms with Gasteiger partial charge in [-0.25, -0.2) is 19.9 Å². The van der Waals surface area contributed by atoms with Gasteiger partial charge in [-0.1, -0.05) is 11.8 Å². The first-order valence-electron chi connectivity index (χ1n) is 8.47. The fourth-order valence-electron chi connectivity index (χ4n) is 3.20. The van der Waals surface area contributed by atoms with E-state index in [-0.39, 0.29) is 24.6 Å². The van der Waals surface area contributed by atoms with Crippen LogP contribution < -0.4 is 4.90 Å². The van der Waals surface area contributed by atoms with Crippen LogP contribution in [0.4, 0.5) is 5.82 Å². The molecule has 3 rings (SSSR count). The molecule has 1 saturated heterocycles. The molecule has 26 heavy (non-hydrogen) atoms. The van der Waals surface area contributed by atoms with Crippen LogP contribution in [-0.2, 0) is 11.4 Å². The SMILES string of the molecule is CC1CN(c2ccnc(CO)n2)CC(C)N1C(=O)CSc1ncccn1. The Bertz CT molecular complexity index is 735. The summed E-state index contributed by atoms with van der Waals surface area (Å²) in [6.07, 6.45) is 5.00. The van der Waals surface area contributed by atoms with Gasteiger partial charge in [0, 0.05) is 43.8 Å². The molecule has 1 N–H and O–H groups in total. The van der Waals surface area contributed by atoms with Crippen LogP contribution in [0.2, 0.25) is 0 Å². The van der Waals surface area contributed by atoms with Gasteiger partial charge in [0.15, 0.2) is 11.0 Å². The molecule has 2 unspecified atom stereocenters. The second kappa shape index (κ2) is 8.41. The largest absolute Gasteiger partial charge is 0.388 e. The lowest BCUT2D eigenvalue weighted by Crippen LogP contribution is -2.59. The van der Waals surface area contributed by atoms with Gasteiger partial charge in [0.25, 0.3) is 0 Å². The Balaban J connectivity index is 1.63. The van der Waals surface area contributed by atoms with Crippen LogP contribution in [0.15, 0.2) is 35.9 Å². The Hall–Kier alpha value is -2.26. The number of hydrogen-bond donors (Lipinski definition) is 1. The highest BCUT2D eigenvalue weighted by Crippen LogP contribution is 2.22. The van der Waals surface area contributed by atoms with Crippen LogP contribution in [0.25, 0.3) is 0 Å². The van der Waals surface area contributed by atoms with E-state index in [9.17, 15) is 9.90 Å². The smallest absolute Gasteiger partial charge is 0.233 e. The van der Waals surface area contributed by atoms with Gasteiger partial charge < -0.3 is 14.9 Å². The molecular weight excluding hydrogens is 352 g/mol. The highest BCUT2D eigenvalue weighted by Gasteiger charge is 2.33. The topological polar surface area (TPSA) is 95.3 Å². The average Bonchev–Trinajstić information content (AvgIpc) is 2.66. The quantitative estimate of drug-likeness (QED) is 0.611. The predicted octanol–water partition coefficient (Wildman–Crippen LogP) is 0.977. The molecule has 2 aromatic rings. The lowest BCUT2D eigenvalue weighted by Gasteiger charge is -2.45. The van der Waals surface area contributed by atoms with Crippen molar-refractivity contribution in [3.05, 3.63) is 36.5 Å². The summed E-state index contributed by atoms with van der Waals surface area (Å²) in [4.78, 5) is 33.4. The number of anilines is 1. The van der Waals surface area contributed by atoms with Crippen LogP contribution in [0.1, 0.15) is 19.7 Å². The van der Waals surface area contributed by atoms with E-state index in [1.165, 1.54) is 11.8 Å². The Morgan fingerprint density at radius 1 is 1.19 bits per heavy atom. The van der Waals surface area contributed by atoms with E-state index < -0.39 is 0 Å². The van der Waals surface area contributed by atoms with Crippen LogP contribution in [-0.4, -0.2) is 66.8 Å². The molecule has 0 spiro atoms. The van der Waals surface area contributed by atoms with Gasteiger partial charge in [-0.3, -0.25) is 4.79 Å². The van der Waals surface area contributed by atoms with Gasteiger partial charge in [-0.05, 0) is 26.0 Å². The molecule has 2 aromatic heterocycles. The summed E-state index contributed by atoms with van der Waals surface area (Å²) in [7, 11) is 0. The maximum atomic E-state index is 12.7. The number of thioether (sulfide) groups is 1. The minimum Gasteiger partial charge on any atom is -0.388 e. The number of amides is 1. The number of nitrogens with zero attached hydrogens (tertiary/aromatic N) is 6. The molecule has 0 aromatic carbocycles. The third-order valence-electron chi connectivity index (χ3n) is 4.23. The maximum Gasteiger partial charge on any atom is 0.233 e. The van der Waals surface area contributed by atoms with Crippen molar-refractivity contribution in [3.63, 3.8) is 0 Å². The zero-order valence-corrected chi connectivity index (χ0v) is 15.6. The lowest BCUT2D eigenvalue weighted by atomic mass is 10.1. The summed E-state index contributed by atoms with van der Waals surface area (Å²) in [6.45, 7) is 5.27. The van der Waals surface area contributed by atoms with Crippen molar-refractivity contribution in [2.75, 3.05) is 23.7 Å². The van der Waals surface area contributed by atoms with Crippen molar-refractivity contribution in [1.29, 1.82) is 0 Å². The number of aromatic nitrogens is 4. The minimum atomic E-state index is -0.184. The zero-order valence-electron chi connectivity index (χ0n) is 14.8. The average molecular weight is 374 g/mol. The first-order chi connectivity index (χ1) is 12.6. The molecule has 0 radical (unpaired) electrons. The first kappa shape index (κ1) is 18.5. The molecule has 9 heteroatoms. The van der Waals surface area contributed by atoms with Gasteiger partial charge in [0.2, 0.25) is 5.91 Å². The zero-order chi connectivity index (χ0) is 18.5. The third kappa shape index (κ3) is 4.28. The van der Waals surface area contributed by atoms with Crippen molar-refractivity contribution in [1.82, 2.24) is 24.8 Å². The number of piperazine rings is 1. The van der Waals surface area contributed by atoms with Crippen LogP contribution in [0.5, 0.6) is 0 Å². The fraction of sp³-hybridized carbons (Fsp3) is 0.471. The van der Waals surface area contributed by atoms with Gasteiger partial charge in [0.1, 0.15) is 12.4 Å². The highest BCUT2D eigenvalue weighted by atomic mass is 32.2. The summed E-state index contributed by atoms with van der Waals surface area (Å²) in [5.41, 5.74) is 0. The molecule has 1 aliphatic heterocycles. The van der Waals surface area contributed by atoms with Crippen LogP contribution in [0.3, 0.4) is 0 Å². The molecule has 8 nitrogen and oxygen atoms in total. The number of rotatable bonds is 5. The second-order valence-electron chi connectivity index (χ2n) is 6.21. The Morgan fingerprint density at radius 2 is 1.88 bits per heavy atom. The first-order valence-corrected chi connectivity index (χ1v) is 9.45. The van der Waals surface area contributed by atoms with Gasteiger partial charge >= 0.3 is 0 Å². The summed E-state index contributed by atoms with van der Waals surface area (Å²) in [5, 5.41) is 9.83. The van der Waals surface area contributed by atoms with Crippen LogP contribution in [0, 0.1) is 0 Å². The minimum absolute atomic E-state index is 0.0519. The fourth-order valence-corrected chi connectivity index (χ4v) is 3.88. The van der Waals surface area contributed by atoms with E-state index >= 15 is 0 Å². The van der Waals surface area contributed by atoms with E-state index in [2.05, 4.69) is 24.8 Å². The van der Waals surface area contributed by atoms with Crippen molar-refractivity contribution in [3.8, 4) is 0 Å². The summed E-state index contributed by atoms with van der Waals surface area (Å²) < 4.78 is 0. The number of aliphatic hydroxyl groups is 1. The monoisotopic (exact) mass is 374 g/mol. The summed E-state index contributed by atoms with van der Waals surface area (Å²) >= 11 is 1.35. The van der Waals surface area contributed by atoms with E-state index in [0.717, 1.165) is 5.82 Å². The maximum absolute atomic E-state index is 12.7. The molecule has 1 aliphatic rings. The van der Waals surface area contributed by atoms with Crippen molar-refractivity contribution >= 4 is 23.5 Å². The Kier molecular flexibility index (Phi) is 6.00. The summed E-state index contributed by atoms with van der Waals surface area (Å²) in [5.74, 6) is 1.59. The number of carbonyl (C=O) groups is 1. The molecule has 3 heterocycles. The van der Waals surface area contributed by atoms with Crippen molar-refractivity contribution in [2.45, 2.75) is 37.7 Å². The number of carbonyl (C=O) groups excluding carboxylic acids is 1. The third-order valence-corrected chi connectivity index (χ3v) is 5.09. The van der Waals surface area contributed by atoms with Gasteiger partial charge in [-0.2, -0.15) is 0 Å². The molecule has 138 valence electrons. The predicted molar refractivity (Wildman–Crippen MR) is 98.7 cm³/mol. The van der Waals surface area contributed by atoms with E-state index in [4.69, 9.17) is 0 Å². The van der Waals surface area contributed by atoms with E-state index in [1.807, 2.05) is 24.8 Å². The van der Waals surface area contributed by atoms with E-state index in [0.29, 0.717) is 29.8 Å². The molecule has 0 aliphatic carbocycles.